The van der Waals surface area contributed by atoms with Gasteiger partial charge in [0.05, 0.1) is 22.8 Å². The summed E-state index contributed by atoms with van der Waals surface area (Å²) in [5.41, 5.74) is 17.3. The van der Waals surface area contributed by atoms with Gasteiger partial charge in [-0.05, 0) is 122 Å². The van der Waals surface area contributed by atoms with Crippen molar-refractivity contribution in [2.24, 2.45) is 0 Å². The number of aryl methyl sites for hydroxylation is 2. The van der Waals surface area contributed by atoms with Gasteiger partial charge < -0.3 is 9.80 Å². The molecule has 0 atom stereocenters. The highest BCUT2D eigenvalue weighted by atomic mass is 15.1. The first-order chi connectivity index (χ1) is 28.6. The molecule has 0 saturated heterocycles. The van der Waals surface area contributed by atoms with Gasteiger partial charge in [-0.2, -0.15) is 0 Å². The van der Waals surface area contributed by atoms with Crippen LogP contribution in [0.15, 0.2) is 207 Å². The van der Waals surface area contributed by atoms with Crippen LogP contribution in [0.4, 0.5) is 34.1 Å². The normalized spacial score (nSPS) is 11.3. The molecule has 0 amide bonds. The van der Waals surface area contributed by atoms with Crippen LogP contribution in [0.2, 0.25) is 0 Å². The molecule has 0 aliphatic heterocycles. The van der Waals surface area contributed by atoms with Gasteiger partial charge in [-0.15, -0.1) is 0 Å². The van der Waals surface area contributed by atoms with Crippen LogP contribution in [0, 0.1) is 13.8 Å². The zero-order valence-electron chi connectivity index (χ0n) is 32.3. The van der Waals surface area contributed by atoms with Crippen molar-refractivity contribution >= 4 is 45.4 Å². The fraction of sp³-hybridized carbons (Fsp3) is 0.0385. The second kappa shape index (κ2) is 14.8. The Hall–Kier alpha value is -7.70. The van der Waals surface area contributed by atoms with Crippen molar-refractivity contribution in [1.29, 1.82) is 0 Å². The molecular formula is C52H40N6. The Kier molecular flexibility index (Phi) is 8.84. The lowest BCUT2D eigenvalue weighted by molar-refractivity contribution is 1.19. The molecule has 0 aliphatic carbocycles. The van der Waals surface area contributed by atoms with Crippen LogP contribution in [-0.4, -0.2) is 18.8 Å². The summed E-state index contributed by atoms with van der Waals surface area (Å²) in [7, 11) is 0. The van der Waals surface area contributed by atoms with Crippen LogP contribution in [-0.2, 0) is 0 Å². The zero-order chi connectivity index (χ0) is 39.0. The lowest BCUT2D eigenvalue weighted by atomic mass is 10.0. The average Bonchev–Trinajstić information content (AvgIpc) is 3.80. The molecule has 10 aromatic rings. The minimum Gasteiger partial charge on any atom is -0.311 e. The number of anilines is 6. The summed E-state index contributed by atoms with van der Waals surface area (Å²) in [6, 6.07) is 68.6. The van der Waals surface area contributed by atoms with Crippen molar-refractivity contribution in [1.82, 2.24) is 18.8 Å². The van der Waals surface area contributed by atoms with Gasteiger partial charge in [0.15, 0.2) is 0 Å². The molecular weight excluding hydrogens is 709 g/mol. The first-order valence-electron chi connectivity index (χ1n) is 19.6. The third-order valence-corrected chi connectivity index (χ3v) is 10.8. The highest BCUT2D eigenvalue weighted by Gasteiger charge is 2.17. The highest BCUT2D eigenvalue weighted by molar-refractivity contribution is 5.82. The van der Waals surface area contributed by atoms with E-state index in [4.69, 9.17) is 9.97 Å². The smallest absolute Gasteiger partial charge is 0.137 e. The minimum absolute atomic E-state index is 0.953. The number of para-hydroxylation sites is 2. The van der Waals surface area contributed by atoms with Gasteiger partial charge in [0.1, 0.15) is 11.3 Å². The third-order valence-electron chi connectivity index (χ3n) is 10.8. The molecule has 4 aromatic heterocycles. The first-order valence-corrected chi connectivity index (χ1v) is 19.6. The van der Waals surface area contributed by atoms with E-state index in [0.717, 1.165) is 90.4 Å². The Labute approximate surface area is 338 Å². The van der Waals surface area contributed by atoms with Gasteiger partial charge in [-0.3, -0.25) is 8.80 Å². The van der Waals surface area contributed by atoms with Crippen LogP contribution in [0.1, 0.15) is 11.4 Å². The number of aromatic nitrogens is 4. The van der Waals surface area contributed by atoms with Gasteiger partial charge in [0.25, 0.3) is 0 Å². The zero-order valence-corrected chi connectivity index (χ0v) is 32.3. The van der Waals surface area contributed by atoms with E-state index in [0.29, 0.717) is 0 Å². The Morgan fingerprint density at radius 2 is 0.603 bits per heavy atom. The predicted octanol–water partition coefficient (Wildman–Crippen LogP) is 13.5. The Bertz CT molecular complexity index is 2780. The molecule has 0 N–H and O–H groups in total. The van der Waals surface area contributed by atoms with E-state index < -0.39 is 0 Å². The molecule has 6 aromatic carbocycles. The van der Waals surface area contributed by atoms with E-state index in [1.54, 1.807) is 0 Å². The second-order valence-electron chi connectivity index (χ2n) is 14.5. The molecule has 0 aliphatic rings. The van der Waals surface area contributed by atoms with Crippen molar-refractivity contribution < 1.29 is 0 Å². The SMILES string of the molecule is Cc1nc2ccccn2c1-c1ccc(N(c2ccccc2)c2ccc(-c3ccc(N(c4ccccc4)c4ccc(-c5c(C)nc6ccccn56)cc4)cc3)cc2)cc1. The maximum atomic E-state index is 4.78. The second-order valence-corrected chi connectivity index (χ2v) is 14.5. The largest absolute Gasteiger partial charge is 0.311 e. The molecule has 0 spiro atoms. The van der Waals surface area contributed by atoms with E-state index in [2.05, 4.69) is 203 Å². The number of pyridine rings is 2. The van der Waals surface area contributed by atoms with Crippen LogP contribution < -0.4 is 9.80 Å². The van der Waals surface area contributed by atoms with Gasteiger partial charge in [0.2, 0.25) is 0 Å². The molecule has 0 bridgehead atoms. The van der Waals surface area contributed by atoms with Crippen LogP contribution in [0.25, 0.3) is 44.9 Å². The number of benzene rings is 6. The molecule has 6 heteroatoms. The van der Waals surface area contributed by atoms with Gasteiger partial charge >= 0.3 is 0 Å². The standard InChI is InChI=1S/C52H40N6/c1-37-51(55-35-11-9-17-49(55)53-37)41-23-31-47(32-24-41)57(43-13-5-3-6-14-43)45-27-19-39(20-28-45)40-21-29-46(30-22-40)58(44-15-7-4-8-16-44)48-33-25-42(26-34-48)52-38(2)54-50-18-10-12-36-56(50)52/h3-36H,1-2H3. The highest BCUT2D eigenvalue weighted by Crippen LogP contribution is 2.39. The summed E-state index contributed by atoms with van der Waals surface area (Å²) in [6.07, 6.45) is 4.15. The van der Waals surface area contributed by atoms with Crippen molar-refractivity contribution in [3.05, 3.63) is 218 Å². The first kappa shape index (κ1) is 34.8. The number of hydrogen-bond donors (Lipinski definition) is 0. The lowest BCUT2D eigenvalue weighted by Gasteiger charge is -2.26. The molecule has 58 heavy (non-hydrogen) atoms. The van der Waals surface area contributed by atoms with E-state index in [-0.39, 0.29) is 0 Å². The summed E-state index contributed by atoms with van der Waals surface area (Å²) in [5, 5.41) is 0. The van der Waals surface area contributed by atoms with Gasteiger partial charge in [-0.25, -0.2) is 9.97 Å². The third kappa shape index (κ3) is 6.36. The van der Waals surface area contributed by atoms with Crippen LogP contribution in [0.5, 0.6) is 0 Å². The number of fused-ring (bicyclic) bond motifs is 2. The van der Waals surface area contributed by atoms with Crippen molar-refractivity contribution in [2.75, 3.05) is 9.80 Å². The summed E-state index contributed by atoms with van der Waals surface area (Å²) in [6.45, 7) is 4.15. The summed E-state index contributed by atoms with van der Waals surface area (Å²) < 4.78 is 4.32. The quantitative estimate of drug-likeness (QED) is 0.147. The molecule has 4 heterocycles. The van der Waals surface area contributed by atoms with Crippen molar-refractivity contribution in [3.8, 4) is 33.6 Å². The fourth-order valence-corrected chi connectivity index (χ4v) is 8.11. The van der Waals surface area contributed by atoms with Crippen molar-refractivity contribution in [2.45, 2.75) is 13.8 Å². The topological polar surface area (TPSA) is 41.1 Å². The predicted molar refractivity (Wildman–Crippen MR) is 239 cm³/mol. The molecule has 0 fully saturated rings. The molecule has 0 radical (unpaired) electrons. The number of rotatable bonds is 9. The Morgan fingerprint density at radius 3 is 0.948 bits per heavy atom. The van der Waals surface area contributed by atoms with Crippen LogP contribution >= 0.6 is 0 Å². The molecule has 0 saturated carbocycles. The van der Waals surface area contributed by atoms with Crippen molar-refractivity contribution in [3.63, 3.8) is 0 Å². The number of nitrogens with zero attached hydrogens (tertiary/aromatic N) is 6. The summed E-state index contributed by atoms with van der Waals surface area (Å²) in [4.78, 5) is 14.2. The van der Waals surface area contributed by atoms with E-state index >= 15 is 0 Å². The summed E-state index contributed by atoms with van der Waals surface area (Å²) >= 11 is 0. The number of hydrogen-bond acceptors (Lipinski definition) is 4. The van der Waals surface area contributed by atoms with Gasteiger partial charge in [-0.1, -0.05) is 97.1 Å². The number of imidazole rings is 2. The monoisotopic (exact) mass is 748 g/mol. The summed E-state index contributed by atoms with van der Waals surface area (Å²) in [5.74, 6) is 0. The molecule has 0 unspecified atom stereocenters. The van der Waals surface area contributed by atoms with E-state index in [1.165, 1.54) is 0 Å². The maximum Gasteiger partial charge on any atom is 0.137 e. The average molecular weight is 749 g/mol. The Balaban J connectivity index is 0.940. The minimum atomic E-state index is 0.953. The van der Waals surface area contributed by atoms with E-state index in [9.17, 15) is 0 Å². The van der Waals surface area contributed by atoms with Crippen LogP contribution in [0.3, 0.4) is 0 Å². The maximum absolute atomic E-state index is 4.78. The molecule has 10 rings (SSSR count). The van der Waals surface area contributed by atoms with Gasteiger partial charge in [0, 0.05) is 57.6 Å². The fourth-order valence-electron chi connectivity index (χ4n) is 8.11. The molecule has 6 nitrogen and oxygen atoms in total. The Morgan fingerprint density at radius 1 is 0.310 bits per heavy atom. The molecule has 278 valence electrons. The van der Waals surface area contributed by atoms with E-state index in [1.807, 2.05) is 36.4 Å². The lowest BCUT2D eigenvalue weighted by Crippen LogP contribution is -2.10.